The molecule has 0 aromatic heterocycles. The lowest BCUT2D eigenvalue weighted by atomic mass is 9.94. The van der Waals surface area contributed by atoms with E-state index in [-0.39, 0.29) is 23.7 Å². The highest BCUT2D eigenvalue weighted by atomic mass is 35.5. The summed E-state index contributed by atoms with van der Waals surface area (Å²) in [5.41, 5.74) is 2.60. The number of rotatable bonds is 6. The fraction of sp³-hybridized carbons (Fsp3) is 0.391. The zero-order valence-electron chi connectivity index (χ0n) is 18.7. The highest BCUT2D eigenvalue weighted by Gasteiger charge is 2.37. The molecule has 9 nitrogen and oxygen atoms in total. The number of nitrogens with one attached hydrogen (secondary N) is 1. The van der Waals surface area contributed by atoms with E-state index in [0.717, 1.165) is 11.6 Å². The van der Waals surface area contributed by atoms with Crippen molar-refractivity contribution in [2.45, 2.75) is 25.4 Å². The summed E-state index contributed by atoms with van der Waals surface area (Å²) in [5.74, 6) is -1.79. The normalized spacial score (nSPS) is 23.1. The second-order valence-electron chi connectivity index (χ2n) is 8.10. The van der Waals surface area contributed by atoms with Gasteiger partial charge in [0.15, 0.2) is 5.84 Å². The Morgan fingerprint density at radius 1 is 1.41 bits per heavy atom. The molecule has 1 aromatic rings. The number of carboxylic acid groups (broad SMARTS) is 1. The van der Waals surface area contributed by atoms with Gasteiger partial charge < -0.3 is 19.9 Å². The summed E-state index contributed by atoms with van der Waals surface area (Å²) < 4.78 is 24.2. The number of allylic oxidation sites excluding steroid dienone is 1. The largest absolute Gasteiger partial charge is 0.480 e. The van der Waals surface area contributed by atoms with Crippen molar-refractivity contribution in [3.05, 3.63) is 57.1 Å². The van der Waals surface area contributed by atoms with E-state index >= 15 is 0 Å². The summed E-state index contributed by atoms with van der Waals surface area (Å²) in [6.07, 6.45) is 2.42. The highest BCUT2D eigenvalue weighted by molar-refractivity contribution is 6.31. The van der Waals surface area contributed by atoms with E-state index in [9.17, 15) is 19.1 Å². The molecule has 0 bridgehead atoms. The van der Waals surface area contributed by atoms with Crippen LogP contribution in [0, 0.1) is 5.82 Å². The molecule has 4 rings (SSSR count). The van der Waals surface area contributed by atoms with Gasteiger partial charge in [0.05, 0.1) is 25.9 Å². The van der Waals surface area contributed by atoms with Gasteiger partial charge in [-0.15, -0.1) is 0 Å². The van der Waals surface area contributed by atoms with Gasteiger partial charge in [0.1, 0.15) is 23.6 Å². The Morgan fingerprint density at radius 2 is 2.21 bits per heavy atom. The summed E-state index contributed by atoms with van der Waals surface area (Å²) in [6, 6.07) is 2.08. The SMILES string of the molecule is COC(=O)C1=C(CN2CCOC[C@H]2C(=O)O)NC(C2=C(C)CC=N2)=N[C@H]1c1ccc(F)cc1Cl. The molecule has 1 saturated heterocycles. The molecule has 0 unspecified atom stereocenters. The fourth-order valence-corrected chi connectivity index (χ4v) is 4.41. The number of carbonyl (C=O) groups excluding carboxylic acids is 1. The fourth-order valence-electron chi connectivity index (χ4n) is 4.14. The second-order valence-corrected chi connectivity index (χ2v) is 8.51. The Bertz CT molecular complexity index is 1150. The number of nitrogens with zero attached hydrogens (tertiary/aromatic N) is 3. The topological polar surface area (TPSA) is 113 Å². The molecule has 0 spiro atoms. The van der Waals surface area contributed by atoms with E-state index in [1.165, 1.54) is 19.2 Å². The van der Waals surface area contributed by atoms with Gasteiger partial charge in [0, 0.05) is 42.0 Å². The van der Waals surface area contributed by atoms with E-state index in [2.05, 4.69) is 10.3 Å². The predicted octanol–water partition coefficient (Wildman–Crippen LogP) is 2.48. The number of aliphatic imine (C=N–C) groups is 2. The van der Waals surface area contributed by atoms with Crippen LogP contribution in [0.15, 0.2) is 50.7 Å². The van der Waals surface area contributed by atoms with Gasteiger partial charge in [-0.05, 0) is 24.6 Å². The Morgan fingerprint density at radius 3 is 2.85 bits per heavy atom. The first-order valence-electron chi connectivity index (χ1n) is 10.7. The number of hydrogen-bond acceptors (Lipinski definition) is 8. The second kappa shape index (κ2) is 10.0. The Kier molecular flexibility index (Phi) is 7.11. The van der Waals surface area contributed by atoms with E-state index in [0.29, 0.717) is 42.4 Å². The average molecular weight is 491 g/mol. The first-order chi connectivity index (χ1) is 16.3. The number of amidine groups is 1. The molecular formula is C23H24ClFN4O5. The monoisotopic (exact) mass is 490 g/mol. The number of hydrogen-bond donors (Lipinski definition) is 2. The minimum Gasteiger partial charge on any atom is -0.480 e. The maximum absolute atomic E-state index is 13.8. The molecule has 180 valence electrons. The number of carboxylic acids is 1. The number of methoxy groups -OCH3 is 1. The zero-order valence-corrected chi connectivity index (χ0v) is 19.4. The van der Waals surface area contributed by atoms with Crippen molar-refractivity contribution in [1.82, 2.24) is 10.2 Å². The molecule has 0 saturated carbocycles. The van der Waals surface area contributed by atoms with Crippen molar-refractivity contribution in [1.29, 1.82) is 0 Å². The summed E-state index contributed by atoms with van der Waals surface area (Å²) in [7, 11) is 1.25. The zero-order chi connectivity index (χ0) is 24.4. The van der Waals surface area contributed by atoms with Gasteiger partial charge in [-0.2, -0.15) is 0 Å². The van der Waals surface area contributed by atoms with Gasteiger partial charge in [-0.25, -0.2) is 9.18 Å². The molecule has 11 heteroatoms. The standard InChI is InChI=1S/C23H24ClFN4O5/c1-12-5-6-26-19(12)21-27-16(10-29-7-8-34-11-17(29)22(30)31)18(23(32)33-2)20(28-21)14-4-3-13(25)9-15(14)24/h3-4,6,9,17,20H,5,7-8,10-11H2,1-2H3,(H,27,28)(H,30,31)/t17-,20-/m0/s1. The first kappa shape index (κ1) is 24.1. The maximum atomic E-state index is 13.8. The molecule has 0 amide bonds. The average Bonchev–Trinajstić information content (AvgIpc) is 3.24. The minimum absolute atomic E-state index is 0.0267. The Hall–Kier alpha value is -3.08. The number of aliphatic carboxylic acids is 1. The van der Waals surface area contributed by atoms with Crippen LogP contribution < -0.4 is 5.32 Å². The third kappa shape index (κ3) is 4.75. The van der Waals surface area contributed by atoms with Gasteiger partial charge in [-0.3, -0.25) is 19.7 Å². The molecule has 3 heterocycles. The number of ether oxygens (including phenoxy) is 2. The number of morpholine rings is 1. The molecule has 1 fully saturated rings. The van der Waals surface area contributed by atoms with Crippen LogP contribution in [-0.4, -0.2) is 73.5 Å². The van der Waals surface area contributed by atoms with Crippen LogP contribution >= 0.6 is 11.6 Å². The number of benzene rings is 1. The van der Waals surface area contributed by atoms with Crippen LogP contribution in [0.2, 0.25) is 5.02 Å². The quantitative estimate of drug-likeness (QED) is 0.589. The molecule has 3 aliphatic heterocycles. The minimum atomic E-state index is -1.03. The van der Waals surface area contributed by atoms with E-state index in [1.54, 1.807) is 11.1 Å². The van der Waals surface area contributed by atoms with Crippen LogP contribution in [0.1, 0.15) is 24.9 Å². The van der Waals surface area contributed by atoms with Gasteiger partial charge >= 0.3 is 11.9 Å². The van der Waals surface area contributed by atoms with Crippen molar-refractivity contribution in [3.8, 4) is 0 Å². The van der Waals surface area contributed by atoms with Crippen molar-refractivity contribution in [2.75, 3.05) is 33.4 Å². The summed E-state index contributed by atoms with van der Waals surface area (Å²) >= 11 is 6.37. The van der Waals surface area contributed by atoms with Crippen molar-refractivity contribution in [3.63, 3.8) is 0 Å². The summed E-state index contributed by atoms with van der Waals surface area (Å²) in [5, 5.41) is 13.0. The number of esters is 1. The van der Waals surface area contributed by atoms with Crippen LogP contribution in [-0.2, 0) is 19.1 Å². The van der Waals surface area contributed by atoms with Gasteiger partial charge in [0.25, 0.3) is 0 Å². The molecular weight excluding hydrogens is 467 g/mol. The summed E-state index contributed by atoms with van der Waals surface area (Å²) in [4.78, 5) is 35.6. The van der Waals surface area contributed by atoms with Crippen molar-refractivity contribution < 1.29 is 28.6 Å². The lowest BCUT2D eigenvalue weighted by molar-refractivity contribution is -0.149. The molecule has 2 atom stereocenters. The molecule has 3 aliphatic rings. The lowest BCUT2D eigenvalue weighted by Gasteiger charge is -2.36. The van der Waals surface area contributed by atoms with E-state index in [1.807, 2.05) is 6.92 Å². The van der Waals surface area contributed by atoms with Crippen LogP contribution in [0.25, 0.3) is 0 Å². The van der Waals surface area contributed by atoms with Crippen LogP contribution in [0.3, 0.4) is 0 Å². The molecule has 0 aliphatic carbocycles. The van der Waals surface area contributed by atoms with Crippen molar-refractivity contribution >= 4 is 35.6 Å². The molecule has 34 heavy (non-hydrogen) atoms. The van der Waals surface area contributed by atoms with Crippen LogP contribution in [0.4, 0.5) is 4.39 Å². The molecule has 0 radical (unpaired) electrons. The number of carbonyl (C=O) groups is 2. The third-order valence-corrected chi connectivity index (χ3v) is 6.25. The highest BCUT2D eigenvalue weighted by Crippen LogP contribution is 2.37. The number of halogens is 2. The van der Waals surface area contributed by atoms with Crippen LogP contribution in [0.5, 0.6) is 0 Å². The van der Waals surface area contributed by atoms with Crippen molar-refractivity contribution in [2.24, 2.45) is 9.98 Å². The predicted molar refractivity (Wildman–Crippen MR) is 123 cm³/mol. The van der Waals surface area contributed by atoms with E-state index < -0.39 is 29.8 Å². The molecule has 1 aromatic carbocycles. The first-order valence-corrected chi connectivity index (χ1v) is 11.1. The van der Waals surface area contributed by atoms with Gasteiger partial charge in [-0.1, -0.05) is 17.7 Å². The lowest BCUT2D eigenvalue weighted by Crippen LogP contribution is -2.52. The van der Waals surface area contributed by atoms with Gasteiger partial charge in [0.2, 0.25) is 0 Å². The third-order valence-electron chi connectivity index (χ3n) is 5.92. The smallest absolute Gasteiger partial charge is 0.338 e. The van der Waals surface area contributed by atoms with E-state index in [4.69, 9.17) is 26.1 Å². The Labute approximate surface area is 200 Å². The summed E-state index contributed by atoms with van der Waals surface area (Å²) in [6.45, 7) is 2.75. The molecule has 2 N–H and O–H groups in total. The Balaban J connectivity index is 1.84. The maximum Gasteiger partial charge on any atom is 0.338 e.